The molecule has 1 unspecified atom stereocenters. The molecule has 2 heterocycles. The normalized spacial score (nSPS) is 12.7. The molecule has 0 spiro atoms. The van der Waals surface area contributed by atoms with Crippen molar-refractivity contribution in [3.05, 3.63) is 53.3 Å². The first kappa shape index (κ1) is 14.1. The van der Waals surface area contributed by atoms with E-state index in [1.807, 2.05) is 40.4 Å². The second-order valence-electron chi connectivity index (χ2n) is 5.09. The SMILES string of the molecule is CCC(N)Cc1ccccc1OCc1cn2ccsc2n1. The Balaban J connectivity index is 1.71. The predicted octanol–water partition coefficient (Wildman–Crippen LogP) is 3.25. The summed E-state index contributed by atoms with van der Waals surface area (Å²) in [7, 11) is 0. The van der Waals surface area contributed by atoms with Crippen LogP contribution in [0.1, 0.15) is 24.6 Å². The molecule has 0 fully saturated rings. The number of para-hydroxylation sites is 1. The quantitative estimate of drug-likeness (QED) is 0.760. The Morgan fingerprint density at radius 2 is 2.24 bits per heavy atom. The maximum absolute atomic E-state index is 6.05. The van der Waals surface area contributed by atoms with Crippen LogP contribution in [0, 0.1) is 0 Å². The number of aromatic nitrogens is 2. The molecule has 0 radical (unpaired) electrons. The Labute approximate surface area is 128 Å². The van der Waals surface area contributed by atoms with E-state index in [0.29, 0.717) is 6.61 Å². The van der Waals surface area contributed by atoms with Crippen molar-refractivity contribution in [1.82, 2.24) is 9.38 Å². The monoisotopic (exact) mass is 301 g/mol. The van der Waals surface area contributed by atoms with Gasteiger partial charge in [-0.25, -0.2) is 4.98 Å². The van der Waals surface area contributed by atoms with Crippen LogP contribution in [0.3, 0.4) is 0 Å². The van der Waals surface area contributed by atoms with Crippen molar-refractivity contribution in [2.24, 2.45) is 5.73 Å². The zero-order chi connectivity index (χ0) is 14.7. The minimum absolute atomic E-state index is 0.174. The average molecular weight is 301 g/mol. The average Bonchev–Trinajstić information content (AvgIpc) is 3.07. The van der Waals surface area contributed by atoms with Gasteiger partial charge in [-0.1, -0.05) is 25.1 Å². The van der Waals surface area contributed by atoms with Gasteiger partial charge in [0.2, 0.25) is 0 Å². The predicted molar refractivity (Wildman–Crippen MR) is 85.8 cm³/mol. The van der Waals surface area contributed by atoms with E-state index in [0.717, 1.165) is 34.8 Å². The molecule has 0 saturated carbocycles. The lowest BCUT2D eigenvalue weighted by Gasteiger charge is -2.13. The third-order valence-electron chi connectivity index (χ3n) is 3.50. The number of fused-ring (bicyclic) bond motifs is 1. The van der Waals surface area contributed by atoms with E-state index in [1.165, 1.54) is 0 Å². The first-order chi connectivity index (χ1) is 10.3. The number of nitrogens with two attached hydrogens (primary N) is 1. The number of rotatable bonds is 6. The van der Waals surface area contributed by atoms with E-state index in [-0.39, 0.29) is 6.04 Å². The smallest absolute Gasteiger partial charge is 0.193 e. The molecular weight excluding hydrogens is 282 g/mol. The molecule has 2 N–H and O–H groups in total. The first-order valence-electron chi connectivity index (χ1n) is 7.13. The number of benzene rings is 1. The highest BCUT2D eigenvalue weighted by Crippen LogP contribution is 2.21. The molecule has 2 aromatic heterocycles. The fraction of sp³-hybridized carbons (Fsp3) is 0.312. The van der Waals surface area contributed by atoms with Crippen LogP contribution < -0.4 is 10.5 Å². The van der Waals surface area contributed by atoms with Crippen LogP contribution in [0.4, 0.5) is 0 Å². The fourth-order valence-corrected chi connectivity index (χ4v) is 2.96. The molecular formula is C16H19N3OS. The Bertz CT molecular complexity index is 690. The summed E-state index contributed by atoms with van der Waals surface area (Å²) in [5, 5.41) is 2.02. The molecule has 110 valence electrons. The van der Waals surface area contributed by atoms with Gasteiger partial charge in [0.25, 0.3) is 0 Å². The van der Waals surface area contributed by atoms with Crippen molar-refractivity contribution in [2.45, 2.75) is 32.4 Å². The van der Waals surface area contributed by atoms with Gasteiger partial charge in [-0.2, -0.15) is 0 Å². The third-order valence-corrected chi connectivity index (χ3v) is 4.27. The zero-order valence-corrected chi connectivity index (χ0v) is 12.8. The molecule has 1 atom stereocenters. The van der Waals surface area contributed by atoms with E-state index >= 15 is 0 Å². The molecule has 0 saturated heterocycles. The van der Waals surface area contributed by atoms with E-state index < -0.39 is 0 Å². The molecule has 0 aliphatic carbocycles. The van der Waals surface area contributed by atoms with Crippen LogP contribution in [0.2, 0.25) is 0 Å². The molecule has 0 amide bonds. The van der Waals surface area contributed by atoms with Crippen LogP contribution in [0.25, 0.3) is 4.96 Å². The molecule has 0 aliphatic heterocycles. The molecule has 21 heavy (non-hydrogen) atoms. The number of hydrogen-bond donors (Lipinski definition) is 1. The van der Waals surface area contributed by atoms with Gasteiger partial charge in [-0.15, -0.1) is 11.3 Å². The lowest BCUT2D eigenvalue weighted by molar-refractivity contribution is 0.298. The molecule has 0 aliphatic rings. The summed E-state index contributed by atoms with van der Waals surface area (Å²) >= 11 is 1.62. The van der Waals surface area contributed by atoms with Gasteiger partial charge in [0.1, 0.15) is 12.4 Å². The van der Waals surface area contributed by atoms with Crippen LogP contribution >= 0.6 is 11.3 Å². The summed E-state index contributed by atoms with van der Waals surface area (Å²) in [4.78, 5) is 5.52. The van der Waals surface area contributed by atoms with Gasteiger partial charge in [0.05, 0.1) is 5.69 Å². The number of imidazole rings is 1. The highest BCUT2D eigenvalue weighted by atomic mass is 32.1. The highest BCUT2D eigenvalue weighted by Gasteiger charge is 2.09. The van der Waals surface area contributed by atoms with E-state index in [9.17, 15) is 0 Å². The van der Waals surface area contributed by atoms with Crippen molar-refractivity contribution >= 4 is 16.3 Å². The van der Waals surface area contributed by atoms with Gasteiger partial charge in [0, 0.05) is 23.8 Å². The molecule has 0 bridgehead atoms. The summed E-state index contributed by atoms with van der Waals surface area (Å²) in [6.07, 6.45) is 5.81. The Morgan fingerprint density at radius 1 is 1.38 bits per heavy atom. The molecule has 5 heteroatoms. The van der Waals surface area contributed by atoms with Gasteiger partial charge in [0.15, 0.2) is 4.96 Å². The number of ether oxygens (including phenoxy) is 1. The molecule has 4 nitrogen and oxygen atoms in total. The summed E-state index contributed by atoms with van der Waals surface area (Å²) in [5.41, 5.74) is 8.15. The van der Waals surface area contributed by atoms with Crippen molar-refractivity contribution in [1.29, 1.82) is 0 Å². The van der Waals surface area contributed by atoms with Crippen LogP contribution in [0.5, 0.6) is 5.75 Å². The zero-order valence-electron chi connectivity index (χ0n) is 12.0. The summed E-state index contributed by atoms with van der Waals surface area (Å²) < 4.78 is 7.96. The van der Waals surface area contributed by atoms with Gasteiger partial charge < -0.3 is 10.5 Å². The van der Waals surface area contributed by atoms with E-state index in [1.54, 1.807) is 11.3 Å². The van der Waals surface area contributed by atoms with Crippen molar-refractivity contribution in [3.63, 3.8) is 0 Å². The second-order valence-corrected chi connectivity index (χ2v) is 5.97. The number of nitrogens with zero attached hydrogens (tertiary/aromatic N) is 2. The Morgan fingerprint density at radius 3 is 3.05 bits per heavy atom. The standard InChI is InChI=1S/C16H19N3OS/c1-2-13(17)9-12-5-3-4-6-15(12)20-11-14-10-19-7-8-21-16(19)18-14/h3-8,10,13H,2,9,11,17H2,1H3. The lowest BCUT2D eigenvalue weighted by Crippen LogP contribution is -2.21. The minimum atomic E-state index is 0.174. The summed E-state index contributed by atoms with van der Waals surface area (Å²) in [6, 6.07) is 8.26. The molecule has 3 aromatic rings. The van der Waals surface area contributed by atoms with E-state index in [2.05, 4.69) is 18.0 Å². The molecule has 1 aromatic carbocycles. The first-order valence-corrected chi connectivity index (χ1v) is 8.01. The van der Waals surface area contributed by atoms with Crippen molar-refractivity contribution in [2.75, 3.05) is 0 Å². The Hall–Kier alpha value is -1.85. The minimum Gasteiger partial charge on any atom is -0.487 e. The summed E-state index contributed by atoms with van der Waals surface area (Å²) in [5.74, 6) is 0.901. The van der Waals surface area contributed by atoms with Gasteiger partial charge in [-0.3, -0.25) is 4.40 Å². The second kappa shape index (κ2) is 6.28. The van der Waals surface area contributed by atoms with E-state index in [4.69, 9.17) is 10.5 Å². The summed E-state index contributed by atoms with van der Waals surface area (Å²) in [6.45, 7) is 2.58. The Kier molecular flexibility index (Phi) is 4.22. The van der Waals surface area contributed by atoms with Crippen LogP contribution in [0.15, 0.2) is 42.0 Å². The maximum Gasteiger partial charge on any atom is 0.193 e. The van der Waals surface area contributed by atoms with Crippen LogP contribution in [-0.4, -0.2) is 15.4 Å². The van der Waals surface area contributed by atoms with Gasteiger partial charge >= 0.3 is 0 Å². The highest BCUT2D eigenvalue weighted by molar-refractivity contribution is 7.15. The van der Waals surface area contributed by atoms with Crippen molar-refractivity contribution in [3.8, 4) is 5.75 Å². The fourth-order valence-electron chi connectivity index (χ4n) is 2.24. The molecule has 3 rings (SSSR count). The number of thiazole rings is 1. The van der Waals surface area contributed by atoms with Gasteiger partial charge in [-0.05, 0) is 24.5 Å². The largest absolute Gasteiger partial charge is 0.487 e. The van der Waals surface area contributed by atoms with Crippen LogP contribution in [-0.2, 0) is 13.0 Å². The third kappa shape index (κ3) is 3.25. The number of hydrogen-bond acceptors (Lipinski definition) is 4. The lowest BCUT2D eigenvalue weighted by atomic mass is 10.0. The topological polar surface area (TPSA) is 52.5 Å². The maximum atomic E-state index is 6.05. The van der Waals surface area contributed by atoms with Crippen molar-refractivity contribution < 1.29 is 4.74 Å².